The zero-order valence-corrected chi connectivity index (χ0v) is 23.0. The van der Waals surface area contributed by atoms with Gasteiger partial charge in [-0.05, 0) is 91.9 Å². The molecular formula is C29H31ClN6O2. The van der Waals surface area contributed by atoms with E-state index in [2.05, 4.69) is 44.5 Å². The summed E-state index contributed by atoms with van der Waals surface area (Å²) in [7, 11) is 0. The molecule has 0 amide bonds. The number of nitrogens with one attached hydrogen (secondary N) is 1. The second kappa shape index (κ2) is 10.2. The summed E-state index contributed by atoms with van der Waals surface area (Å²) in [5, 5.41) is 14.4. The van der Waals surface area contributed by atoms with Crippen molar-refractivity contribution in [3.8, 4) is 0 Å². The Bertz CT molecular complexity index is 1630. The van der Waals surface area contributed by atoms with Gasteiger partial charge in [0, 0.05) is 17.1 Å². The van der Waals surface area contributed by atoms with E-state index in [1.54, 1.807) is 10.9 Å². The van der Waals surface area contributed by atoms with Crippen molar-refractivity contribution in [2.75, 3.05) is 0 Å². The maximum atomic E-state index is 13.8. The normalized spacial score (nSPS) is 12.9. The highest BCUT2D eigenvalue weighted by Gasteiger charge is 2.34. The van der Waals surface area contributed by atoms with Gasteiger partial charge in [0.2, 0.25) is 0 Å². The van der Waals surface area contributed by atoms with Crippen LogP contribution < -0.4 is 5.56 Å². The maximum absolute atomic E-state index is 13.8. The Labute approximate surface area is 226 Å². The van der Waals surface area contributed by atoms with E-state index in [4.69, 9.17) is 16.0 Å². The number of hydrogen-bond acceptors (Lipinski definition) is 6. The summed E-state index contributed by atoms with van der Waals surface area (Å²) in [5.74, 6) is 1.31. The van der Waals surface area contributed by atoms with Crippen LogP contribution in [0.25, 0.3) is 10.9 Å². The van der Waals surface area contributed by atoms with E-state index in [9.17, 15) is 4.79 Å². The van der Waals surface area contributed by atoms with Crippen LogP contribution in [0.1, 0.15) is 60.7 Å². The van der Waals surface area contributed by atoms with Crippen molar-refractivity contribution in [2.24, 2.45) is 0 Å². The Balaban J connectivity index is 1.76. The lowest BCUT2D eigenvalue weighted by atomic mass is 9.99. The first kappa shape index (κ1) is 25.9. The molecule has 0 spiro atoms. The molecule has 2 aromatic carbocycles. The molecule has 3 heterocycles. The van der Waals surface area contributed by atoms with Crippen molar-refractivity contribution in [1.29, 1.82) is 0 Å². The minimum Gasteiger partial charge on any atom is -0.468 e. The van der Waals surface area contributed by atoms with Crippen LogP contribution >= 0.6 is 11.6 Å². The summed E-state index contributed by atoms with van der Waals surface area (Å²) in [6.45, 7) is 11.0. The highest BCUT2D eigenvalue weighted by molar-refractivity contribution is 6.31. The van der Waals surface area contributed by atoms with Crippen LogP contribution in [0.3, 0.4) is 0 Å². The van der Waals surface area contributed by atoms with E-state index >= 15 is 0 Å². The van der Waals surface area contributed by atoms with E-state index < -0.39 is 11.6 Å². The van der Waals surface area contributed by atoms with Crippen LogP contribution in [0.15, 0.2) is 70.1 Å². The van der Waals surface area contributed by atoms with Gasteiger partial charge in [0.25, 0.3) is 5.56 Å². The third-order valence-electron chi connectivity index (χ3n) is 6.63. The monoisotopic (exact) mass is 530 g/mol. The Morgan fingerprint density at radius 2 is 1.87 bits per heavy atom. The summed E-state index contributed by atoms with van der Waals surface area (Å²) in [4.78, 5) is 19.1. The quantitative estimate of drug-likeness (QED) is 0.280. The molecule has 0 aliphatic rings. The number of hydrogen-bond donors (Lipinski definition) is 1. The molecule has 0 aliphatic carbocycles. The van der Waals surface area contributed by atoms with Crippen LogP contribution in [0, 0.1) is 13.8 Å². The molecular weight excluding hydrogens is 500 g/mol. The van der Waals surface area contributed by atoms with Crippen molar-refractivity contribution in [3.63, 3.8) is 0 Å². The van der Waals surface area contributed by atoms with Gasteiger partial charge in [-0.2, -0.15) is 0 Å². The number of furan rings is 1. The number of aromatic amines is 1. The molecule has 3 aromatic heterocycles. The number of pyridine rings is 1. The second-order valence-electron chi connectivity index (χ2n) is 10.7. The van der Waals surface area contributed by atoms with Crippen molar-refractivity contribution < 1.29 is 4.42 Å². The van der Waals surface area contributed by atoms with Crippen LogP contribution in [-0.2, 0) is 18.6 Å². The number of halogens is 1. The molecule has 8 nitrogen and oxygen atoms in total. The zero-order valence-electron chi connectivity index (χ0n) is 22.2. The van der Waals surface area contributed by atoms with Gasteiger partial charge in [0.1, 0.15) is 11.8 Å². The van der Waals surface area contributed by atoms with Gasteiger partial charge in [-0.1, -0.05) is 41.4 Å². The number of tetrazole rings is 1. The summed E-state index contributed by atoms with van der Waals surface area (Å²) in [6.07, 6.45) is 1.64. The second-order valence-corrected chi connectivity index (χ2v) is 11.1. The van der Waals surface area contributed by atoms with E-state index in [1.807, 2.05) is 70.2 Å². The van der Waals surface area contributed by atoms with E-state index in [0.29, 0.717) is 29.5 Å². The number of aromatic nitrogens is 5. The number of fused-ring (bicyclic) bond motifs is 1. The Morgan fingerprint density at radius 1 is 1.08 bits per heavy atom. The predicted octanol–water partition coefficient (Wildman–Crippen LogP) is 5.92. The summed E-state index contributed by atoms with van der Waals surface area (Å²) >= 11 is 6.61. The molecule has 9 heteroatoms. The third-order valence-corrected chi connectivity index (χ3v) is 6.99. The van der Waals surface area contributed by atoms with Crippen LogP contribution in [0.2, 0.25) is 5.02 Å². The SMILES string of the molecule is Cc1cc(C)c2[nH]c(=O)c([C@@H](c3nnnn3C(C)(C)C)N(Cc3ccco3)Cc3ccccc3Cl)cc2c1. The lowest BCUT2D eigenvalue weighted by Gasteiger charge is -2.32. The van der Waals surface area contributed by atoms with E-state index in [-0.39, 0.29) is 5.56 Å². The average Bonchev–Trinajstić information content (AvgIpc) is 3.54. The Morgan fingerprint density at radius 3 is 2.58 bits per heavy atom. The van der Waals surface area contributed by atoms with Gasteiger partial charge < -0.3 is 9.40 Å². The summed E-state index contributed by atoms with van der Waals surface area (Å²) < 4.78 is 7.53. The lowest BCUT2D eigenvalue weighted by molar-refractivity contribution is 0.171. The molecule has 1 N–H and O–H groups in total. The van der Waals surface area contributed by atoms with Crippen molar-refractivity contribution in [2.45, 2.75) is 59.3 Å². The molecule has 0 bridgehead atoms. The Kier molecular flexibility index (Phi) is 6.94. The van der Waals surface area contributed by atoms with Gasteiger partial charge in [0.15, 0.2) is 5.82 Å². The molecule has 0 saturated carbocycles. The van der Waals surface area contributed by atoms with Crippen LogP contribution in [0.4, 0.5) is 0 Å². The molecule has 0 aliphatic heterocycles. The molecule has 1 atom stereocenters. The standard InChI is InChI=1S/C29H31ClN6O2/c1-18-13-19(2)25-21(14-18)15-23(28(37)31-25)26(27-32-33-34-36(27)29(3,4)5)35(17-22-10-8-12-38-22)16-20-9-6-7-11-24(20)30/h6-15,26H,16-17H2,1-5H3,(H,31,37)/t26-/m0/s1. The van der Waals surface area contributed by atoms with E-state index in [1.165, 1.54) is 0 Å². The third kappa shape index (κ3) is 5.14. The van der Waals surface area contributed by atoms with Crippen LogP contribution in [0.5, 0.6) is 0 Å². The first-order valence-electron chi connectivity index (χ1n) is 12.5. The number of benzene rings is 2. The molecule has 0 fully saturated rings. The average molecular weight is 531 g/mol. The Hall–Kier alpha value is -3.75. The highest BCUT2D eigenvalue weighted by atomic mass is 35.5. The number of aryl methyl sites for hydroxylation is 2. The molecule has 0 saturated heterocycles. The van der Waals surface area contributed by atoms with Crippen molar-refractivity contribution in [1.82, 2.24) is 30.1 Å². The summed E-state index contributed by atoms with van der Waals surface area (Å²) in [5.41, 5.74) is 3.81. The molecule has 5 aromatic rings. The largest absolute Gasteiger partial charge is 0.468 e. The van der Waals surface area contributed by atoms with Crippen molar-refractivity contribution >= 4 is 22.5 Å². The zero-order chi connectivity index (χ0) is 27.0. The number of nitrogens with zero attached hydrogens (tertiary/aromatic N) is 5. The first-order chi connectivity index (χ1) is 18.1. The predicted molar refractivity (Wildman–Crippen MR) is 148 cm³/mol. The fourth-order valence-electron chi connectivity index (χ4n) is 4.93. The van der Waals surface area contributed by atoms with Crippen molar-refractivity contribution in [3.05, 3.63) is 110 Å². The number of H-pyrrole nitrogens is 1. The van der Waals surface area contributed by atoms with Gasteiger partial charge in [-0.25, -0.2) is 4.68 Å². The number of rotatable bonds is 7. The topological polar surface area (TPSA) is 92.8 Å². The minimum absolute atomic E-state index is 0.193. The highest BCUT2D eigenvalue weighted by Crippen LogP contribution is 2.33. The fourth-order valence-corrected chi connectivity index (χ4v) is 5.13. The minimum atomic E-state index is -0.598. The van der Waals surface area contributed by atoms with Gasteiger partial charge in [0.05, 0.1) is 23.9 Å². The molecule has 38 heavy (non-hydrogen) atoms. The first-order valence-corrected chi connectivity index (χ1v) is 12.9. The summed E-state index contributed by atoms with van der Waals surface area (Å²) in [6, 6.07) is 17.0. The molecule has 0 unspecified atom stereocenters. The van der Waals surface area contributed by atoms with Gasteiger partial charge in [-0.15, -0.1) is 5.10 Å². The van der Waals surface area contributed by atoms with E-state index in [0.717, 1.165) is 33.4 Å². The molecule has 196 valence electrons. The molecule has 0 radical (unpaired) electrons. The lowest BCUT2D eigenvalue weighted by Crippen LogP contribution is -2.37. The van der Waals surface area contributed by atoms with Crippen LogP contribution in [-0.4, -0.2) is 30.1 Å². The van der Waals surface area contributed by atoms with Gasteiger partial charge >= 0.3 is 0 Å². The maximum Gasteiger partial charge on any atom is 0.253 e. The fraction of sp³-hybridized carbons (Fsp3) is 0.310. The molecule has 5 rings (SSSR count). The van der Waals surface area contributed by atoms with Gasteiger partial charge in [-0.3, -0.25) is 9.69 Å². The smallest absolute Gasteiger partial charge is 0.253 e.